The molecule has 0 bridgehead atoms. The zero-order valence-corrected chi connectivity index (χ0v) is 10.6. The fourth-order valence-electron chi connectivity index (χ4n) is 1.19. The summed E-state index contributed by atoms with van der Waals surface area (Å²) >= 11 is 0. The van der Waals surface area contributed by atoms with Crippen LogP contribution in [0, 0.1) is 5.41 Å². The van der Waals surface area contributed by atoms with Crippen LogP contribution in [-0.2, 0) is 0 Å². The minimum atomic E-state index is -0.335. The van der Waals surface area contributed by atoms with E-state index in [2.05, 4.69) is 20.5 Å². The van der Waals surface area contributed by atoms with E-state index in [1.165, 1.54) is 0 Å². The molecule has 1 aromatic rings. The van der Waals surface area contributed by atoms with Crippen LogP contribution in [0.5, 0.6) is 0 Å². The average molecular weight is 216 g/mol. The van der Waals surface area contributed by atoms with Gasteiger partial charge < -0.3 is 0 Å². The molecule has 0 aromatic heterocycles. The minimum Gasteiger partial charge on any atom is -0.294 e. The van der Waals surface area contributed by atoms with E-state index in [0.29, 0.717) is 0 Å². The molecule has 0 heterocycles. The molecular formula is C11H12OSi2. The van der Waals surface area contributed by atoms with Gasteiger partial charge in [0.25, 0.3) is 0 Å². The second-order valence-corrected chi connectivity index (χ2v) is 5.53. The summed E-state index contributed by atoms with van der Waals surface area (Å²) in [6.07, 6.45) is 0. The van der Waals surface area contributed by atoms with Crippen LogP contribution < -0.4 is 10.4 Å². The Bertz CT molecular complexity index is 344. The van der Waals surface area contributed by atoms with E-state index < -0.39 is 0 Å². The number of ketones is 1. The van der Waals surface area contributed by atoms with Gasteiger partial charge >= 0.3 is 0 Å². The van der Waals surface area contributed by atoms with Gasteiger partial charge in [-0.15, -0.1) is 0 Å². The standard InChI is InChI=1S/C11H12OSi2/c1-11(2,3)10(12)7-4-8(13)6-9(14)5-7/h4-6H,1-3H3. The maximum Gasteiger partial charge on any atom is 0.168 e. The van der Waals surface area contributed by atoms with Crippen molar-refractivity contribution in [1.82, 2.24) is 0 Å². The molecular weight excluding hydrogens is 204 g/mol. The van der Waals surface area contributed by atoms with Gasteiger partial charge in [0.15, 0.2) is 5.78 Å². The Morgan fingerprint density at radius 3 is 1.86 bits per heavy atom. The SMILES string of the molecule is CC(C)(C)C(=O)c1cc([Si])cc([Si])c1. The summed E-state index contributed by atoms with van der Waals surface area (Å²) in [6, 6.07) is 5.59. The first-order chi connectivity index (χ1) is 6.30. The Morgan fingerprint density at radius 1 is 1.07 bits per heavy atom. The van der Waals surface area contributed by atoms with Crippen molar-refractivity contribution in [2.24, 2.45) is 5.41 Å². The van der Waals surface area contributed by atoms with Crippen molar-refractivity contribution in [2.75, 3.05) is 0 Å². The molecule has 1 nitrogen and oxygen atoms in total. The van der Waals surface area contributed by atoms with Gasteiger partial charge in [-0.2, -0.15) is 0 Å². The third-order valence-corrected chi connectivity index (χ3v) is 2.45. The number of benzene rings is 1. The molecule has 0 fully saturated rings. The van der Waals surface area contributed by atoms with Gasteiger partial charge in [-0.05, 0) is 0 Å². The monoisotopic (exact) mass is 216 g/mol. The van der Waals surface area contributed by atoms with E-state index in [1.54, 1.807) is 0 Å². The first kappa shape index (κ1) is 11.4. The average Bonchev–Trinajstić information content (AvgIpc) is 1.99. The van der Waals surface area contributed by atoms with Gasteiger partial charge in [0.2, 0.25) is 0 Å². The summed E-state index contributed by atoms with van der Waals surface area (Å²) in [6.45, 7) is 5.76. The molecule has 0 saturated heterocycles. The lowest BCUT2D eigenvalue weighted by Crippen LogP contribution is -2.24. The summed E-state index contributed by atoms with van der Waals surface area (Å²) < 4.78 is 0. The summed E-state index contributed by atoms with van der Waals surface area (Å²) in [4.78, 5) is 11.9. The molecule has 0 aliphatic rings. The molecule has 0 unspecified atom stereocenters. The number of rotatable bonds is 1. The van der Waals surface area contributed by atoms with Crippen molar-refractivity contribution in [3.63, 3.8) is 0 Å². The van der Waals surface area contributed by atoms with Crippen molar-refractivity contribution >= 4 is 36.6 Å². The highest BCUT2D eigenvalue weighted by Gasteiger charge is 2.22. The molecule has 0 spiro atoms. The zero-order chi connectivity index (χ0) is 10.9. The first-order valence-electron chi connectivity index (χ1n) is 4.44. The third-order valence-electron chi connectivity index (χ3n) is 1.88. The van der Waals surface area contributed by atoms with E-state index >= 15 is 0 Å². The van der Waals surface area contributed by atoms with Crippen LogP contribution in [-0.4, -0.2) is 26.3 Å². The van der Waals surface area contributed by atoms with E-state index in [1.807, 2.05) is 39.0 Å². The lowest BCUT2D eigenvalue weighted by atomic mass is 9.86. The lowest BCUT2D eigenvalue weighted by molar-refractivity contribution is 0.0858. The summed E-state index contributed by atoms with van der Waals surface area (Å²) in [5.41, 5.74) is 0.397. The second-order valence-electron chi connectivity index (χ2n) is 4.38. The van der Waals surface area contributed by atoms with Gasteiger partial charge in [0, 0.05) is 11.0 Å². The van der Waals surface area contributed by atoms with Crippen LogP contribution in [0.1, 0.15) is 31.1 Å². The third kappa shape index (κ3) is 2.65. The molecule has 0 amide bonds. The highest BCUT2D eigenvalue weighted by atomic mass is 28.1. The van der Waals surface area contributed by atoms with E-state index in [-0.39, 0.29) is 11.2 Å². The van der Waals surface area contributed by atoms with Gasteiger partial charge in [-0.25, -0.2) is 0 Å². The predicted molar refractivity (Wildman–Crippen MR) is 61.0 cm³/mol. The molecule has 0 saturated carbocycles. The summed E-state index contributed by atoms with van der Waals surface area (Å²) in [7, 11) is 6.83. The molecule has 14 heavy (non-hydrogen) atoms. The van der Waals surface area contributed by atoms with Gasteiger partial charge in [0.05, 0.1) is 20.5 Å². The Kier molecular flexibility index (Phi) is 3.11. The van der Waals surface area contributed by atoms with Crippen LogP contribution in [0.25, 0.3) is 0 Å². The van der Waals surface area contributed by atoms with Gasteiger partial charge in [0.1, 0.15) is 0 Å². The molecule has 3 heteroatoms. The van der Waals surface area contributed by atoms with Crippen LogP contribution in [0.3, 0.4) is 0 Å². The van der Waals surface area contributed by atoms with E-state index in [4.69, 9.17) is 0 Å². The number of Topliss-reactive ketones (excluding diaryl/α,β-unsaturated/α-hetero) is 1. The number of hydrogen-bond acceptors (Lipinski definition) is 1. The molecule has 0 aliphatic heterocycles. The molecule has 0 N–H and O–H groups in total. The Morgan fingerprint density at radius 2 is 1.50 bits per heavy atom. The van der Waals surface area contributed by atoms with Crippen molar-refractivity contribution in [1.29, 1.82) is 0 Å². The van der Waals surface area contributed by atoms with E-state index in [9.17, 15) is 4.79 Å². The van der Waals surface area contributed by atoms with Gasteiger partial charge in [-0.1, -0.05) is 49.3 Å². The lowest BCUT2D eigenvalue weighted by Gasteiger charge is -2.17. The zero-order valence-electron chi connectivity index (χ0n) is 8.64. The summed E-state index contributed by atoms with van der Waals surface area (Å²) in [5.74, 6) is 0.150. The highest BCUT2D eigenvalue weighted by Crippen LogP contribution is 2.19. The van der Waals surface area contributed by atoms with E-state index in [0.717, 1.165) is 15.9 Å². The number of carbonyl (C=O) groups is 1. The highest BCUT2D eigenvalue weighted by molar-refractivity contribution is 6.38. The normalized spacial score (nSPS) is 11.5. The van der Waals surface area contributed by atoms with Crippen LogP contribution >= 0.6 is 0 Å². The van der Waals surface area contributed by atoms with Crippen molar-refractivity contribution in [3.8, 4) is 0 Å². The molecule has 0 aliphatic carbocycles. The predicted octanol–water partition coefficient (Wildman–Crippen LogP) is 0.503. The van der Waals surface area contributed by atoms with Crippen LogP contribution in [0.2, 0.25) is 0 Å². The molecule has 0 atom stereocenters. The van der Waals surface area contributed by atoms with Gasteiger partial charge in [-0.3, -0.25) is 4.79 Å². The quantitative estimate of drug-likeness (QED) is 0.494. The Hall–Kier alpha value is -0.676. The fourth-order valence-corrected chi connectivity index (χ4v) is 1.96. The number of carbonyl (C=O) groups excluding carboxylic acids is 1. The molecule has 6 radical (unpaired) electrons. The van der Waals surface area contributed by atoms with Crippen LogP contribution in [0.4, 0.5) is 0 Å². The first-order valence-corrected chi connectivity index (χ1v) is 5.44. The molecule has 70 valence electrons. The minimum absolute atomic E-state index is 0.150. The maximum absolute atomic E-state index is 11.9. The Balaban J connectivity index is 3.14. The van der Waals surface area contributed by atoms with Crippen LogP contribution in [0.15, 0.2) is 18.2 Å². The Labute approximate surface area is 91.8 Å². The fraction of sp³-hybridized carbons (Fsp3) is 0.364. The van der Waals surface area contributed by atoms with Crippen molar-refractivity contribution < 1.29 is 4.79 Å². The number of hydrogen-bond donors (Lipinski definition) is 0. The molecule has 1 aromatic carbocycles. The smallest absolute Gasteiger partial charge is 0.168 e. The summed E-state index contributed by atoms with van der Waals surface area (Å²) in [5, 5.41) is 1.82. The topological polar surface area (TPSA) is 17.1 Å². The van der Waals surface area contributed by atoms with Crippen molar-refractivity contribution in [2.45, 2.75) is 20.8 Å². The maximum atomic E-state index is 11.9. The second kappa shape index (κ2) is 3.83. The van der Waals surface area contributed by atoms with Crippen molar-refractivity contribution in [3.05, 3.63) is 23.8 Å². The largest absolute Gasteiger partial charge is 0.294 e. The molecule has 1 rings (SSSR count).